The van der Waals surface area contributed by atoms with E-state index in [4.69, 9.17) is 13.8 Å². The third-order valence-corrected chi connectivity index (χ3v) is 7.02. The number of hydrogen-bond acceptors (Lipinski definition) is 6. The van der Waals surface area contributed by atoms with Gasteiger partial charge in [0.05, 0.1) is 27.7 Å². The summed E-state index contributed by atoms with van der Waals surface area (Å²) < 4.78 is 27.3. The van der Waals surface area contributed by atoms with Gasteiger partial charge in [-0.05, 0) is 12.8 Å². The van der Waals surface area contributed by atoms with Crippen LogP contribution < -0.4 is 4.89 Å². The average Bonchev–Trinajstić information content (AvgIpc) is 2.76. The Kier molecular flexibility index (Phi) is 21.5. The van der Waals surface area contributed by atoms with Crippen LogP contribution in [0, 0.1) is 0 Å². The molecular formula is C26H54NO6P. The fourth-order valence-corrected chi connectivity index (χ4v) is 4.56. The van der Waals surface area contributed by atoms with Gasteiger partial charge in [0.25, 0.3) is 14.3 Å². The van der Waals surface area contributed by atoms with Crippen molar-refractivity contribution >= 4 is 14.3 Å². The molecule has 0 aromatic heterocycles. The van der Waals surface area contributed by atoms with Gasteiger partial charge in [0, 0.05) is 0 Å². The lowest BCUT2D eigenvalue weighted by atomic mass is 10.0. The van der Waals surface area contributed by atoms with Crippen molar-refractivity contribution in [1.29, 1.82) is 0 Å². The molecule has 0 radical (unpaired) electrons. The van der Waals surface area contributed by atoms with E-state index in [1.165, 1.54) is 83.5 Å². The highest BCUT2D eigenvalue weighted by atomic mass is 31.2. The van der Waals surface area contributed by atoms with Crippen molar-refractivity contribution in [2.75, 3.05) is 40.9 Å². The summed E-state index contributed by atoms with van der Waals surface area (Å²) in [6, 6.07) is 0. The van der Waals surface area contributed by atoms with Gasteiger partial charge in [-0.1, -0.05) is 103 Å². The summed E-state index contributed by atoms with van der Waals surface area (Å²) in [7, 11) is 1.46. The van der Waals surface area contributed by atoms with Gasteiger partial charge in [0.2, 0.25) is 0 Å². The predicted octanol–water partition coefficient (Wildman–Crippen LogP) is 6.39. The molecule has 0 saturated carbocycles. The molecule has 0 heterocycles. The van der Waals surface area contributed by atoms with Crippen molar-refractivity contribution in [2.24, 2.45) is 0 Å². The fourth-order valence-electron chi connectivity index (χ4n) is 3.83. The Bertz CT molecular complexity index is 512. The van der Waals surface area contributed by atoms with Gasteiger partial charge in [0.15, 0.2) is 0 Å². The number of hydrogen-bond donors (Lipinski definition) is 0. The third kappa shape index (κ3) is 24.7. The Morgan fingerprint density at radius 3 is 1.62 bits per heavy atom. The highest BCUT2D eigenvalue weighted by Crippen LogP contribution is 2.38. The Morgan fingerprint density at radius 2 is 1.21 bits per heavy atom. The normalized spacial score (nSPS) is 14.6. The molecular weight excluding hydrogens is 453 g/mol. The third-order valence-electron chi connectivity index (χ3n) is 6.06. The van der Waals surface area contributed by atoms with E-state index in [0.29, 0.717) is 23.9 Å². The van der Waals surface area contributed by atoms with E-state index in [9.17, 15) is 14.3 Å². The molecule has 0 spiro atoms. The van der Waals surface area contributed by atoms with Crippen LogP contribution in [-0.2, 0) is 23.1 Å². The number of likely N-dealkylation sites (N-methyl/N-ethyl adjacent to an activating group) is 1. The van der Waals surface area contributed by atoms with E-state index in [1.54, 1.807) is 0 Å². The number of ether oxygens (including phenoxy) is 1. The molecule has 2 atom stereocenters. The maximum Gasteiger partial charge on any atom is 0.293 e. The number of unbranched alkanes of at least 4 members (excludes halogenated alkanes) is 15. The molecule has 0 bridgehead atoms. The Hall–Kier alpha value is -0.460. The van der Waals surface area contributed by atoms with Crippen LogP contribution in [0.4, 0.5) is 0 Å². The molecule has 0 fully saturated rings. The summed E-state index contributed by atoms with van der Waals surface area (Å²) in [4.78, 5) is 22.6. The molecule has 204 valence electrons. The number of rotatable bonds is 26. The molecule has 0 rings (SSSR count). The predicted molar refractivity (Wildman–Crippen MR) is 138 cm³/mol. The van der Waals surface area contributed by atoms with Crippen molar-refractivity contribution in [3.8, 4) is 0 Å². The second-order valence-electron chi connectivity index (χ2n) is 10.5. The summed E-state index contributed by atoms with van der Waals surface area (Å²) >= 11 is 0. The number of nitrogens with zero attached hydrogens (tertiary/aromatic N) is 1. The molecule has 0 aromatic rings. The second kappa shape index (κ2) is 21.8. The van der Waals surface area contributed by atoms with Crippen molar-refractivity contribution in [1.82, 2.24) is 0 Å². The number of carbonyl (C=O) groups is 1. The number of phosphoric ester groups is 1. The zero-order chi connectivity index (χ0) is 25.5. The van der Waals surface area contributed by atoms with Gasteiger partial charge in [-0.25, -0.2) is 0 Å². The van der Waals surface area contributed by atoms with Gasteiger partial charge in [0.1, 0.15) is 19.3 Å². The lowest BCUT2D eigenvalue weighted by molar-refractivity contribution is -0.870. The largest absolute Gasteiger partial charge is 0.756 e. The summed E-state index contributed by atoms with van der Waals surface area (Å²) in [5.41, 5.74) is 0. The minimum absolute atomic E-state index is 0.0581. The number of phosphoric acid groups is 1. The van der Waals surface area contributed by atoms with Crippen LogP contribution in [0.3, 0.4) is 0 Å². The molecule has 0 aliphatic carbocycles. The van der Waals surface area contributed by atoms with Crippen LogP contribution in [0.1, 0.15) is 116 Å². The molecule has 7 nitrogen and oxygen atoms in total. The smallest absolute Gasteiger partial charge is 0.293 e. The van der Waals surface area contributed by atoms with Crippen LogP contribution >= 0.6 is 7.82 Å². The average molecular weight is 508 g/mol. The Balaban J connectivity index is 3.65. The van der Waals surface area contributed by atoms with Gasteiger partial charge in [-0.3, -0.25) is 9.36 Å². The highest BCUT2D eigenvalue weighted by Gasteiger charge is 2.17. The summed E-state index contributed by atoms with van der Waals surface area (Å²) in [6.07, 6.45) is 20.7. The molecule has 34 heavy (non-hydrogen) atoms. The number of quaternary nitrogens is 1. The van der Waals surface area contributed by atoms with Crippen LogP contribution in [-0.4, -0.2) is 58.0 Å². The van der Waals surface area contributed by atoms with E-state index in [0.717, 1.165) is 19.3 Å². The van der Waals surface area contributed by atoms with Crippen LogP contribution in [0.25, 0.3) is 0 Å². The molecule has 0 saturated heterocycles. The summed E-state index contributed by atoms with van der Waals surface area (Å²) in [6.45, 7) is 3.03. The standard InChI is InChI=1S/C26H54NO6P/c1-5-6-7-8-9-10-11-12-13-14-15-16-17-18-19-20-21-26(31-25-28)24-33-34(29,30)32-23-22-27(2,3)4/h25-26H,5-24H2,1-4H3. The quantitative estimate of drug-likeness (QED) is 0.0584. The van der Waals surface area contributed by atoms with E-state index < -0.39 is 13.9 Å². The second-order valence-corrected chi connectivity index (χ2v) is 11.9. The van der Waals surface area contributed by atoms with Crippen molar-refractivity contribution in [3.05, 3.63) is 0 Å². The van der Waals surface area contributed by atoms with E-state index in [-0.39, 0.29) is 13.2 Å². The van der Waals surface area contributed by atoms with Crippen LogP contribution in [0.5, 0.6) is 0 Å². The van der Waals surface area contributed by atoms with Crippen LogP contribution in [0.15, 0.2) is 0 Å². The van der Waals surface area contributed by atoms with Crippen molar-refractivity contribution < 1.29 is 32.5 Å². The van der Waals surface area contributed by atoms with E-state index in [1.807, 2.05) is 21.1 Å². The molecule has 0 aliphatic heterocycles. The monoisotopic (exact) mass is 507 g/mol. The molecule has 8 heteroatoms. The van der Waals surface area contributed by atoms with Gasteiger partial charge in [-0.2, -0.15) is 0 Å². The minimum atomic E-state index is -4.39. The number of carbonyl (C=O) groups excluding carboxylic acids is 1. The van der Waals surface area contributed by atoms with Crippen molar-refractivity contribution in [3.63, 3.8) is 0 Å². The molecule has 2 unspecified atom stereocenters. The molecule has 0 aromatic carbocycles. The van der Waals surface area contributed by atoms with Gasteiger partial charge >= 0.3 is 0 Å². The maximum absolute atomic E-state index is 11.9. The Morgan fingerprint density at radius 1 is 0.765 bits per heavy atom. The first-order chi connectivity index (χ1) is 16.2. The molecule has 0 N–H and O–H groups in total. The molecule has 0 amide bonds. The highest BCUT2D eigenvalue weighted by molar-refractivity contribution is 7.45. The van der Waals surface area contributed by atoms with Gasteiger partial charge < -0.3 is 23.2 Å². The van der Waals surface area contributed by atoms with E-state index in [2.05, 4.69) is 6.92 Å². The fraction of sp³-hybridized carbons (Fsp3) is 0.962. The first-order valence-corrected chi connectivity index (χ1v) is 15.2. The topological polar surface area (TPSA) is 84.9 Å². The van der Waals surface area contributed by atoms with Crippen molar-refractivity contribution in [2.45, 2.75) is 122 Å². The SMILES string of the molecule is CCCCCCCCCCCCCCCCCCC(COP(=O)([O-])OCC[N+](C)(C)C)OC=O. The maximum atomic E-state index is 11.9. The minimum Gasteiger partial charge on any atom is -0.756 e. The zero-order valence-electron chi connectivity index (χ0n) is 22.6. The lowest BCUT2D eigenvalue weighted by Crippen LogP contribution is -2.37. The summed E-state index contributed by atoms with van der Waals surface area (Å²) in [5, 5.41) is 0. The van der Waals surface area contributed by atoms with Gasteiger partial charge in [-0.15, -0.1) is 0 Å². The zero-order valence-corrected chi connectivity index (χ0v) is 23.5. The molecule has 0 aliphatic rings. The first-order valence-electron chi connectivity index (χ1n) is 13.7. The first kappa shape index (κ1) is 33.5. The summed E-state index contributed by atoms with van der Waals surface area (Å²) in [5.74, 6) is 0. The van der Waals surface area contributed by atoms with E-state index >= 15 is 0 Å². The Labute approximate surface area is 210 Å². The lowest BCUT2D eigenvalue weighted by Gasteiger charge is -2.28. The van der Waals surface area contributed by atoms with Crippen LogP contribution in [0.2, 0.25) is 0 Å².